The number of aromatic nitrogens is 2. The van der Waals surface area contributed by atoms with Crippen LogP contribution in [0.2, 0.25) is 0 Å². The van der Waals surface area contributed by atoms with E-state index in [-0.39, 0.29) is 5.91 Å². The highest BCUT2D eigenvalue weighted by atomic mass is 16.5. The quantitative estimate of drug-likeness (QED) is 0.865. The van der Waals surface area contributed by atoms with Crippen LogP contribution in [0.15, 0.2) is 24.5 Å². The van der Waals surface area contributed by atoms with Gasteiger partial charge in [0.1, 0.15) is 0 Å². The zero-order valence-electron chi connectivity index (χ0n) is 13.9. The molecule has 6 heteroatoms. The van der Waals surface area contributed by atoms with Crippen LogP contribution in [-0.4, -0.2) is 56.9 Å². The number of carbonyl (C=O) groups excluding carboxylic acids is 1. The molecule has 0 radical (unpaired) electrons. The number of rotatable bonds is 1. The molecule has 128 valence electrons. The minimum atomic E-state index is -0.444. The van der Waals surface area contributed by atoms with E-state index in [9.17, 15) is 9.90 Å². The number of aliphatic hydroxyl groups is 1. The summed E-state index contributed by atoms with van der Waals surface area (Å²) < 4.78 is 7.85. The average Bonchev–Trinajstić information content (AvgIpc) is 2.98. The predicted molar refractivity (Wildman–Crippen MR) is 89.8 cm³/mol. The first-order valence-corrected chi connectivity index (χ1v) is 8.61. The number of imidazole rings is 1. The molecule has 1 N–H and O–H groups in total. The maximum absolute atomic E-state index is 12.8. The minimum Gasteiger partial charge on any atom is -0.390 e. The van der Waals surface area contributed by atoms with E-state index in [1.165, 1.54) is 0 Å². The second kappa shape index (κ2) is 5.86. The van der Waals surface area contributed by atoms with E-state index in [1.54, 1.807) is 6.33 Å². The molecule has 1 spiro atoms. The van der Waals surface area contributed by atoms with Gasteiger partial charge in [-0.2, -0.15) is 0 Å². The Balaban J connectivity index is 1.49. The van der Waals surface area contributed by atoms with Gasteiger partial charge < -0.3 is 19.3 Å². The van der Waals surface area contributed by atoms with Crippen LogP contribution in [0.1, 0.15) is 36.0 Å². The molecule has 6 nitrogen and oxygen atoms in total. The summed E-state index contributed by atoms with van der Waals surface area (Å²) in [7, 11) is 1.94. The molecule has 2 aromatic rings. The molecule has 0 unspecified atom stereocenters. The number of ether oxygens (including phenoxy) is 1. The third-order valence-corrected chi connectivity index (χ3v) is 5.49. The molecule has 4 rings (SSSR count). The number of carbonyl (C=O) groups is 1. The fourth-order valence-corrected chi connectivity index (χ4v) is 3.93. The van der Waals surface area contributed by atoms with Crippen molar-refractivity contribution in [3.63, 3.8) is 0 Å². The molecule has 0 aliphatic carbocycles. The summed E-state index contributed by atoms with van der Waals surface area (Å²) in [6, 6.07) is 5.66. The van der Waals surface area contributed by atoms with Crippen LogP contribution in [0, 0.1) is 0 Å². The molecular weight excluding hydrogens is 306 g/mol. The lowest BCUT2D eigenvalue weighted by Gasteiger charge is -2.46. The Morgan fingerprint density at radius 1 is 1.38 bits per heavy atom. The van der Waals surface area contributed by atoms with Crippen molar-refractivity contribution in [1.29, 1.82) is 0 Å². The third kappa shape index (κ3) is 2.50. The van der Waals surface area contributed by atoms with Crippen LogP contribution < -0.4 is 0 Å². The summed E-state index contributed by atoms with van der Waals surface area (Å²) in [4.78, 5) is 19.0. The maximum atomic E-state index is 12.8. The van der Waals surface area contributed by atoms with Gasteiger partial charge in [0.15, 0.2) is 0 Å². The van der Waals surface area contributed by atoms with Gasteiger partial charge >= 0.3 is 0 Å². The highest BCUT2D eigenvalue weighted by molar-refractivity contribution is 5.97. The number of amides is 1. The van der Waals surface area contributed by atoms with Gasteiger partial charge in [-0.05, 0) is 43.9 Å². The summed E-state index contributed by atoms with van der Waals surface area (Å²) in [6.45, 7) is 1.95. The van der Waals surface area contributed by atoms with Crippen LogP contribution in [-0.2, 0) is 11.8 Å². The van der Waals surface area contributed by atoms with Gasteiger partial charge in [0.05, 0.1) is 29.1 Å². The summed E-state index contributed by atoms with van der Waals surface area (Å²) in [5.41, 5.74) is 2.08. The van der Waals surface area contributed by atoms with E-state index >= 15 is 0 Å². The normalized spacial score (nSPS) is 23.8. The van der Waals surface area contributed by atoms with Crippen LogP contribution in [0.25, 0.3) is 11.0 Å². The Labute approximate surface area is 141 Å². The molecule has 1 amide bonds. The highest BCUT2D eigenvalue weighted by Crippen LogP contribution is 2.35. The van der Waals surface area contributed by atoms with Gasteiger partial charge in [0.25, 0.3) is 5.91 Å². The second-order valence-corrected chi connectivity index (χ2v) is 6.92. The Morgan fingerprint density at radius 2 is 2.17 bits per heavy atom. The van der Waals surface area contributed by atoms with E-state index in [4.69, 9.17) is 4.74 Å². The minimum absolute atomic E-state index is 0.0303. The van der Waals surface area contributed by atoms with Gasteiger partial charge in [-0.15, -0.1) is 0 Å². The Hall–Kier alpha value is -1.92. The van der Waals surface area contributed by atoms with Crippen molar-refractivity contribution in [2.24, 2.45) is 7.05 Å². The van der Waals surface area contributed by atoms with Crippen molar-refractivity contribution in [2.75, 3.05) is 19.7 Å². The van der Waals surface area contributed by atoms with Crippen LogP contribution in [0.5, 0.6) is 0 Å². The topological polar surface area (TPSA) is 67.6 Å². The van der Waals surface area contributed by atoms with Gasteiger partial charge in [-0.1, -0.05) is 0 Å². The summed E-state index contributed by atoms with van der Waals surface area (Å²) >= 11 is 0. The fourth-order valence-electron chi connectivity index (χ4n) is 3.93. The molecule has 1 aromatic carbocycles. The molecule has 2 aliphatic rings. The lowest BCUT2D eigenvalue weighted by molar-refractivity contribution is -0.174. The number of piperidine rings is 1. The number of aryl methyl sites for hydroxylation is 1. The van der Waals surface area contributed by atoms with Crippen molar-refractivity contribution in [3.05, 3.63) is 30.1 Å². The number of nitrogens with zero attached hydrogens (tertiary/aromatic N) is 3. The van der Waals surface area contributed by atoms with E-state index < -0.39 is 11.7 Å². The Bertz CT molecular complexity index is 762. The number of aliphatic hydroxyl groups excluding tert-OH is 1. The van der Waals surface area contributed by atoms with Crippen LogP contribution in [0.3, 0.4) is 0 Å². The first kappa shape index (κ1) is 15.6. The van der Waals surface area contributed by atoms with Crippen molar-refractivity contribution in [1.82, 2.24) is 14.5 Å². The van der Waals surface area contributed by atoms with Gasteiger partial charge in [0.2, 0.25) is 0 Å². The van der Waals surface area contributed by atoms with E-state index in [0.29, 0.717) is 38.1 Å². The number of benzene rings is 1. The predicted octanol–water partition coefficient (Wildman–Crippen LogP) is 1.72. The lowest BCUT2D eigenvalue weighted by Crippen LogP contribution is -2.56. The first-order chi connectivity index (χ1) is 11.6. The number of fused-ring (bicyclic) bond motifs is 1. The first-order valence-electron chi connectivity index (χ1n) is 8.61. The van der Waals surface area contributed by atoms with Crippen molar-refractivity contribution < 1.29 is 14.6 Å². The zero-order chi connectivity index (χ0) is 16.7. The van der Waals surface area contributed by atoms with Crippen molar-refractivity contribution in [2.45, 2.75) is 37.4 Å². The molecule has 0 bridgehead atoms. The molecule has 1 aromatic heterocycles. The van der Waals surface area contributed by atoms with E-state index in [1.807, 2.05) is 34.7 Å². The van der Waals surface area contributed by atoms with Crippen molar-refractivity contribution in [3.8, 4) is 0 Å². The Morgan fingerprint density at radius 3 is 2.92 bits per heavy atom. The highest BCUT2D eigenvalue weighted by Gasteiger charge is 2.44. The van der Waals surface area contributed by atoms with E-state index in [2.05, 4.69) is 4.98 Å². The molecule has 3 heterocycles. The van der Waals surface area contributed by atoms with E-state index in [0.717, 1.165) is 23.9 Å². The summed E-state index contributed by atoms with van der Waals surface area (Å²) in [6.07, 6.45) is 4.45. The molecule has 0 saturated carbocycles. The standard InChI is InChI=1S/C18H23N3O3/c1-20-12-19-14-11-13(4-5-15(14)20)17(23)21-8-6-18(7-9-21)16(22)3-2-10-24-18/h4-5,11-12,16,22H,2-3,6-10H2,1H3/t16-/m0/s1. The summed E-state index contributed by atoms with van der Waals surface area (Å²) in [5.74, 6) is 0.0303. The average molecular weight is 329 g/mol. The van der Waals surface area contributed by atoms with Gasteiger partial charge in [-0.3, -0.25) is 4.79 Å². The number of hydrogen-bond acceptors (Lipinski definition) is 4. The molecule has 2 saturated heterocycles. The monoisotopic (exact) mass is 329 g/mol. The Kier molecular flexibility index (Phi) is 3.81. The third-order valence-electron chi connectivity index (χ3n) is 5.49. The summed E-state index contributed by atoms with van der Waals surface area (Å²) in [5, 5.41) is 10.3. The lowest BCUT2D eigenvalue weighted by atomic mass is 9.82. The van der Waals surface area contributed by atoms with Gasteiger partial charge in [-0.25, -0.2) is 4.98 Å². The molecule has 2 aliphatic heterocycles. The largest absolute Gasteiger partial charge is 0.390 e. The number of hydrogen-bond donors (Lipinski definition) is 1. The second-order valence-electron chi connectivity index (χ2n) is 6.92. The number of likely N-dealkylation sites (tertiary alicyclic amines) is 1. The van der Waals surface area contributed by atoms with Crippen molar-refractivity contribution >= 4 is 16.9 Å². The molecule has 1 atom stereocenters. The maximum Gasteiger partial charge on any atom is 0.253 e. The SMILES string of the molecule is Cn1cnc2cc(C(=O)N3CCC4(CC3)OCCC[C@@H]4O)ccc21. The fraction of sp³-hybridized carbons (Fsp3) is 0.556. The van der Waals surface area contributed by atoms with Crippen LogP contribution in [0.4, 0.5) is 0 Å². The molecule has 24 heavy (non-hydrogen) atoms. The zero-order valence-corrected chi connectivity index (χ0v) is 13.9. The van der Waals surface area contributed by atoms with Crippen LogP contribution >= 0.6 is 0 Å². The molecular formula is C18H23N3O3. The molecule has 2 fully saturated rings. The van der Waals surface area contributed by atoms with Gasteiger partial charge in [0, 0.05) is 32.3 Å². The smallest absolute Gasteiger partial charge is 0.253 e.